The van der Waals surface area contributed by atoms with Gasteiger partial charge in [-0.1, -0.05) is 36.4 Å². The third-order valence-electron chi connectivity index (χ3n) is 7.43. The van der Waals surface area contributed by atoms with Crippen LogP contribution in [0, 0.1) is 13.8 Å². The molecule has 1 unspecified atom stereocenters. The van der Waals surface area contributed by atoms with Crippen molar-refractivity contribution >= 4 is 23.3 Å². The lowest BCUT2D eigenvalue weighted by Crippen LogP contribution is -2.37. The third kappa shape index (κ3) is 7.43. The topological polar surface area (TPSA) is 112 Å². The maximum Gasteiger partial charge on any atom is 0.335 e. The summed E-state index contributed by atoms with van der Waals surface area (Å²) in [6.45, 7) is 8.87. The minimum absolute atomic E-state index is 0.135. The van der Waals surface area contributed by atoms with E-state index in [1.807, 2.05) is 14.0 Å². The number of rotatable bonds is 14. The Morgan fingerprint density at radius 1 is 1.07 bits per heavy atom. The summed E-state index contributed by atoms with van der Waals surface area (Å²) in [6, 6.07) is 17.4. The van der Waals surface area contributed by atoms with Gasteiger partial charge in [0.15, 0.2) is 0 Å². The maximum atomic E-state index is 12.7. The van der Waals surface area contributed by atoms with E-state index in [0.29, 0.717) is 19.8 Å². The number of benzene rings is 3. The number of hydrazine groups is 2. The van der Waals surface area contributed by atoms with Crippen molar-refractivity contribution in [3.8, 4) is 0 Å². The van der Waals surface area contributed by atoms with Gasteiger partial charge in [-0.3, -0.25) is 9.80 Å². The lowest BCUT2D eigenvalue weighted by molar-refractivity contribution is -0.143. The molecule has 9 heteroatoms. The number of nitrogens with zero attached hydrogens (tertiary/aromatic N) is 1. The van der Waals surface area contributed by atoms with E-state index in [1.54, 1.807) is 24.3 Å². The summed E-state index contributed by atoms with van der Waals surface area (Å²) < 4.78 is 11.2. The van der Waals surface area contributed by atoms with Crippen molar-refractivity contribution in [2.75, 3.05) is 37.2 Å². The second kappa shape index (κ2) is 14.1. The van der Waals surface area contributed by atoms with E-state index >= 15 is 0 Å². The fourth-order valence-corrected chi connectivity index (χ4v) is 5.17. The number of anilines is 2. The quantitative estimate of drug-likeness (QED) is 0.159. The molecule has 1 aliphatic rings. The second-order valence-electron chi connectivity index (χ2n) is 10.2. The van der Waals surface area contributed by atoms with Crippen molar-refractivity contribution in [2.45, 2.75) is 52.7 Å². The van der Waals surface area contributed by atoms with Gasteiger partial charge >= 0.3 is 11.9 Å². The number of aromatic carboxylic acids is 1. The Bertz CT molecular complexity index is 1360. The van der Waals surface area contributed by atoms with Crippen LogP contribution >= 0.6 is 0 Å². The summed E-state index contributed by atoms with van der Waals surface area (Å²) in [4.78, 5) is 23.7. The van der Waals surface area contributed by atoms with Crippen LogP contribution in [0.1, 0.15) is 69.4 Å². The van der Waals surface area contributed by atoms with Crippen molar-refractivity contribution in [3.05, 3.63) is 93.5 Å². The van der Waals surface area contributed by atoms with Gasteiger partial charge in [0, 0.05) is 25.6 Å². The van der Waals surface area contributed by atoms with Crippen LogP contribution in [0.2, 0.25) is 0 Å². The summed E-state index contributed by atoms with van der Waals surface area (Å²) in [5.74, 6) is -1.28. The molecule has 1 atom stereocenters. The Balaban J connectivity index is 1.44. The Labute approximate surface area is 241 Å². The van der Waals surface area contributed by atoms with Gasteiger partial charge in [0.25, 0.3) is 0 Å². The third-order valence-corrected chi connectivity index (χ3v) is 7.43. The largest absolute Gasteiger partial charge is 0.478 e. The molecule has 4 rings (SSSR count). The van der Waals surface area contributed by atoms with Crippen molar-refractivity contribution in [1.82, 2.24) is 10.9 Å². The minimum Gasteiger partial charge on any atom is -0.478 e. The highest BCUT2D eigenvalue weighted by atomic mass is 16.5. The Hall–Kier alpha value is -3.92. The van der Waals surface area contributed by atoms with Crippen LogP contribution in [0.5, 0.6) is 0 Å². The van der Waals surface area contributed by atoms with Gasteiger partial charge in [0.1, 0.15) is 0 Å². The van der Waals surface area contributed by atoms with E-state index in [9.17, 15) is 9.59 Å². The summed E-state index contributed by atoms with van der Waals surface area (Å²) in [7, 11) is 1.94. The predicted octanol–water partition coefficient (Wildman–Crippen LogP) is 5.06. The molecule has 0 aromatic heterocycles. The highest BCUT2D eigenvalue weighted by Gasteiger charge is 2.27. The van der Waals surface area contributed by atoms with Gasteiger partial charge < -0.3 is 25.3 Å². The molecule has 0 radical (unpaired) electrons. The fourth-order valence-electron chi connectivity index (χ4n) is 5.17. The number of hydrogen-bond donors (Lipinski definition) is 4. The van der Waals surface area contributed by atoms with Gasteiger partial charge in [0.2, 0.25) is 0 Å². The molecular weight excluding hydrogens is 520 g/mol. The number of fused-ring (bicyclic) bond motifs is 1. The Morgan fingerprint density at radius 2 is 1.85 bits per heavy atom. The van der Waals surface area contributed by atoms with Crippen LogP contribution in [-0.2, 0) is 27.4 Å². The first-order valence-electron chi connectivity index (χ1n) is 14.0. The average molecular weight is 561 g/mol. The zero-order valence-corrected chi connectivity index (χ0v) is 24.3. The second-order valence-corrected chi connectivity index (χ2v) is 10.2. The Kier molecular flexibility index (Phi) is 10.3. The van der Waals surface area contributed by atoms with Gasteiger partial charge in [-0.15, -0.1) is 5.53 Å². The molecule has 218 valence electrons. The molecule has 0 spiro atoms. The summed E-state index contributed by atoms with van der Waals surface area (Å²) in [5, 5.41) is 14.3. The van der Waals surface area contributed by atoms with Crippen LogP contribution in [0.25, 0.3) is 0 Å². The van der Waals surface area contributed by atoms with E-state index in [2.05, 4.69) is 65.5 Å². The minimum atomic E-state index is -0.935. The number of ether oxygens (including phenoxy) is 2. The standard InChI is InChI=1S/C32H40N4O5/c1-5-41-30(37)18-28(25-10-7-21(2)26(17-25)19-33-4)27-13-14-29-31(22(27)3)34-35-36(29)15-6-16-40-20-23-8-11-24(12-9-23)32(38)39/h7-14,17,28,33-35H,5-6,15-16,18-20H2,1-4H3,(H,38,39). The zero-order valence-electron chi connectivity index (χ0n) is 24.3. The molecule has 1 aliphatic heterocycles. The van der Waals surface area contributed by atoms with Gasteiger partial charge in [0.05, 0.1) is 36.6 Å². The number of hydrogen-bond acceptors (Lipinski definition) is 8. The number of nitrogens with one attached hydrogen (secondary N) is 3. The summed E-state index contributed by atoms with van der Waals surface area (Å²) in [5.41, 5.74) is 15.5. The first kappa shape index (κ1) is 30.0. The van der Waals surface area contributed by atoms with Gasteiger partial charge in [-0.05, 0) is 85.8 Å². The van der Waals surface area contributed by atoms with E-state index in [0.717, 1.165) is 53.1 Å². The molecule has 0 saturated carbocycles. The molecule has 0 fully saturated rings. The van der Waals surface area contributed by atoms with Crippen LogP contribution in [0.4, 0.5) is 11.4 Å². The number of carbonyl (C=O) groups is 2. The van der Waals surface area contributed by atoms with Crippen LogP contribution in [0.3, 0.4) is 0 Å². The van der Waals surface area contributed by atoms with Crippen LogP contribution in [0.15, 0.2) is 54.6 Å². The maximum absolute atomic E-state index is 12.7. The van der Waals surface area contributed by atoms with Crippen molar-refractivity contribution < 1.29 is 24.2 Å². The van der Waals surface area contributed by atoms with Crippen molar-refractivity contribution in [2.24, 2.45) is 0 Å². The lowest BCUT2D eigenvalue weighted by Gasteiger charge is -2.23. The van der Waals surface area contributed by atoms with Crippen LogP contribution < -0.4 is 21.3 Å². The monoisotopic (exact) mass is 560 g/mol. The number of aryl methyl sites for hydroxylation is 1. The molecule has 41 heavy (non-hydrogen) atoms. The Morgan fingerprint density at radius 3 is 2.56 bits per heavy atom. The smallest absolute Gasteiger partial charge is 0.335 e. The van der Waals surface area contributed by atoms with Crippen LogP contribution in [-0.4, -0.2) is 43.9 Å². The molecule has 9 nitrogen and oxygen atoms in total. The molecule has 0 aliphatic carbocycles. The molecule has 0 saturated heterocycles. The molecule has 4 N–H and O–H groups in total. The van der Waals surface area contributed by atoms with Gasteiger partial charge in [-0.25, -0.2) is 4.79 Å². The van der Waals surface area contributed by atoms with E-state index < -0.39 is 5.97 Å². The molecule has 3 aromatic rings. The number of esters is 1. The van der Waals surface area contributed by atoms with Crippen molar-refractivity contribution in [1.29, 1.82) is 0 Å². The zero-order chi connectivity index (χ0) is 29.4. The SMILES string of the molecule is CCOC(=O)CC(c1ccc(C)c(CNC)c1)c1ccc2c(c1C)NNN2CCCOCc1ccc(C(=O)O)cc1. The number of carbonyl (C=O) groups excluding carboxylic acids is 1. The summed E-state index contributed by atoms with van der Waals surface area (Å²) >= 11 is 0. The normalized spacial score (nSPS) is 13.0. The average Bonchev–Trinajstić information content (AvgIpc) is 3.37. The van der Waals surface area contributed by atoms with E-state index in [-0.39, 0.29) is 23.9 Å². The highest BCUT2D eigenvalue weighted by molar-refractivity contribution is 5.87. The molecule has 3 aromatic carbocycles. The first-order valence-corrected chi connectivity index (χ1v) is 14.0. The van der Waals surface area contributed by atoms with Crippen molar-refractivity contribution in [3.63, 3.8) is 0 Å². The molecular formula is C32H40N4O5. The fraction of sp³-hybridized carbons (Fsp3) is 0.375. The summed E-state index contributed by atoms with van der Waals surface area (Å²) in [6.07, 6.45) is 1.06. The molecule has 0 bridgehead atoms. The van der Waals surface area contributed by atoms with E-state index in [4.69, 9.17) is 14.6 Å². The predicted molar refractivity (Wildman–Crippen MR) is 160 cm³/mol. The number of carboxylic acids is 1. The molecule has 0 amide bonds. The van der Waals surface area contributed by atoms with Gasteiger partial charge in [-0.2, -0.15) is 0 Å². The number of carboxylic acid groups (broad SMARTS) is 1. The van der Waals surface area contributed by atoms with E-state index in [1.165, 1.54) is 11.1 Å². The highest BCUT2D eigenvalue weighted by Crippen LogP contribution is 2.40. The lowest BCUT2D eigenvalue weighted by atomic mass is 9.84. The molecule has 1 heterocycles. The first-order chi connectivity index (χ1) is 19.8.